The topological polar surface area (TPSA) is 148 Å². The molecule has 4 N–H and O–H groups in total. The summed E-state index contributed by atoms with van der Waals surface area (Å²) in [5.74, 6) is 0.00602. The summed E-state index contributed by atoms with van der Waals surface area (Å²) in [6.07, 6.45) is -6.07. The van der Waals surface area contributed by atoms with Gasteiger partial charge >= 0.3 is 0 Å². The SMILES string of the molecule is CCS(=O)(=O)c1ccc(Cc2cc([C@@H]3O[C@H](CO)C(O)C(O)C3O)ccc2C#N)cc1. The fourth-order valence-corrected chi connectivity index (χ4v) is 4.51. The Kier molecular flexibility index (Phi) is 7.11. The molecular formula is C22H25NO7S. The van der Waals surface area contributed by atoms with E-state index in [4.69, 9.17) is 4.74 Å². The molecule has 166 valence electrons. The molecule has 0 radical (unpaired) electrons. The molecule has 0 saturated carbocycles. The van der Waals surface area contributed by atoms with E-state index < -0.39 is 47.0 Å². The van der Waals surface area contributed by atoms with E-state index >= 15 is 0 Å². The second-order valence-corrected chi connectivity index (χ2v) is 9.78. The van der Waals surface area contributed by atoms with E-state index in [1.54, 1.807) is 37.3 Å². The molecule has 3 unspecified atom stereocenters. The highest BCUT2D eigenvalue weighted by Crippen LogP contribution is 2.33. The first-order chi connectivity index (χ1) is 14.7. The molecule has 0 amide bonds. The van der Waals surface area contributed by atoms with Crippen LogP contribution in [0.3, 0.4) is 0 Å². The smallest absolute Gasteiger partial charge is 0.178 e. The highest BCUT2D eigenvalue weighted by molar-refractivity contribution is 7.91. The maximum absolute atomic E-state index is 12.0. The molecule has 0 aromatic heterocycles. The van der Waals surface area contributed by atoms with E-state index in [1.165, 1.54) is 12.1 Å². The summed E-state index contributed by atoms with van der Waals surface area (Å²) in [4.78, 5) is 0.231. The maximum atomic E-state index is 12.0. The van der Waals surface area contributed by atoms with E-state index in [0.29, 0.717) is 23.1 Å². The van der Waals surface area contributed by atoms with Crippen LogP contribution in [0.4, 0.5) is 0 Å². The number of hydrogen-bond donors (Lipinski definition) is 4. The quantitative estimate of drug-likeness (QED) is 0.499. The molecule has 1 fully saturated rings. The summed E-state index contributed by atoms with van der Waals surface area (Å²) in [7, 11) is -3.31. The van der Waals surface area contributed by atoms with Crippen LogP contribution >= 0.6 is 0 Å². The van der Waals surface area contributed by atoms with Crippen LogP contribution in [-0.4, -0.2) is 65.6 Å². The number of aliphatic hydroxyl groups is 4. The van der Waals surface area contributed by atoms with Gasteiger partial charge < -0.3 is 25.2 Å². The predicted molar refractivity (Wildman–Crippen MR) is 111 cm³/mol. The average Bonchev–Trinajstić information content (AvgIpc) is 2.78. The Morgan fingerprint density at radius 2 is 1.71 bits per heavy atom. The van der Waals surface area contributed by atoms with Crippen molar-refractivity contribution < 1.29 is 33.6 Å². The summed E-state index contributed by atoms with van der Waals surface area (Å²) in [6, 6.07) is 13.4. The van der Waals surface area contributed by atoms with Gasteiger partial charge in [-0.25, -0.2) is 8.42 Å². The average molecular weight is 448 g/mol. The van der Waals surface area contributed by atoms with Gasteiger partial charge in [-0.05, 0) is 41.3 Å². The Labute approximate surface area is 180 Å². The number of benzene rings is 2. The Hall–Kier alpha value is -2.32. The van der Waals surface area contributed by atoms with Crippen molar-refractivity contribution in [2.24, 2.45) is 0 Å². The molecule has 5 atom stereocenters. The molecule has 2 aromatic carbocycles. The normalized spacial score (nSPS) is 26.4. The zero-order valence-electron chi connectivity index (χ0n) is 16.9. The molecule has 1 heterocycles. The molecule has 1 saturated heterocycles. The van der Waals surface area contributed by atoms with Crippen LogP contribution in [-0.2, 0) is 21.0 Å². The van der Waals surface area contributed by atoms with Crippen LogP contribution in [0.5, 0.6) is 0 Å². The van der Waals surface area contributed by atoms with Gasteiger partial charge in [-0.1, -0.05) is 31.2 Å². The third-order valence-corrected chi connectivity index (χ3v) is 7.28. The van der Waals surface area contributed by atoms with Gasteiger partial charge in [0.05, 0.1) is 28.9 Å². The number of rotatable bonds is 6. The van der Waals surface area contributed by atoms with Crippen LogP contribution in [0.15, 0.2) is 47.4 Å². The van der Waals surface area contributed by atoms with Crippen molar-refractivity contribution in [2.75, 3.05) is 12.4 Å². The van der Waals surface area contributed by atoms with E-state index in [1.807, 2.05) is 0 Å². The molecule has 0 spiro atoms. The number of nitrogens with zero attached hydrogens (tertiary/aromatic N) is 1. The minimum Gasteiger partial charge on any atom is -0.394 e. The van der Waals surface area contributed by atoms with Crippen LogP contribution in [0.1, 0.15) is 35.3 Å². The van der Waals surface area contributed by atoms with Crippen molar-refractivity contribution in [2.45, 2.75) is 48.8 Å². The Morgan fingerprint density at radius 3 is 2.29 bits per heavy atom. The van der Waals surface area contributed by atoms with Gasteiger partial charge in [0.2, 0.25) is 0 Å². The first-order valence-electron chi connectivity index (χ1n) is 9.87. The second-order valence-electron chi connectivity index (χ2n) is 7.50. The van der Waals surface area contributed by atoms with E-state index in [-0.39, 0.29) is 10.6 Å². The lowest BCUT2D eigenvalue weighted by Gasteiger charge is -2.40. The summed E-state index contributed by atoms with van der Waals surface area (Å²) >= 11 is 0. The molecule has 3 rings (SSSR count). The Morgan fingerprint density at radius 1 is 1.03 bits per heavy atom. The lowest BCUT2D eigenvalue weighted by molar-refractivity contribution is -0.231. The van der Waals surface area contributed by atoms with Crippen LogP contribution in [0.2, 0.25) is 0 Å². The van der Waals surface area contributed by atoms with Crippen molar-refractivity contribution in [1.82, 2.24) is 0 Å². The van der Waals surface area contributed by atoms with Gasteiger partial charge in [0, 0.05) is 0 Å². The highest BCUT2D eigenvalue weighted by Gasteiger charge is 2.44. The Balaban J connectivity index is 1.90. The number of sulfone groups is 1. The van der Waals surface area contributed by atoms with E-state index in [2.05, 4.69) is 6.07 Å². The number of nitriles is 1. The third-order valence-electron chi connectivity index (χ3n) is 5.53. The minimum atomic E-state index is -3.31. The standard InChI is InChI=1S/C22H25NO7S/c1-2-31(28,29)17-7-3-13(4-8-17)9-16-10-14(5-6-15(16)11-23)22-21(27)20(26)19(25)18(12-24)30-22/h3-8,10,18-22,24-27H,2,9,12H2,1H3/t18-,19?,20?,21?,22+/m1/s1. The highest BCUT2D eigenvalue weighted by atomic mass is 32.2. The molecule has 8 nitrogen and oxygen atoms in total. The molecule has 0 bridgehead atoms. The van der Waals surface area contributed by atoms with Gasteiger partial charge in [0.25, 0.3) is 0 Å². The number of hydrogen-bond acceptors (Lipinski definition) is 8. The van der Waals surface area contributed by atoms with Crippen LogP contribution < -0.4 is 0 Å². The second kappa shape index (κ2) is 9.44. The maximum Gasteiger partial charge on any atom is 0.178 e. The fraction of sp³-hybridized carbons (Fsp3) is 0.409. The summed E-state index contributed by atoms with van der Waals surface area (Å²) in [5, 5.41) is 49.3. The van der Waals surface area contributed by atoms with Crippen molar-refractivity contribution in [3.8, 4) is 6.07 Å². The van der Waals surface area contributed by atoms with Gasteiger partial charge in [-0.15, -0.1) is 0 Å². The Bertz CT molecular complexity index is 1060. The number of aliphatic hydroxyl groups excluding tert-OH is 4. The summed E-state index contributed by atoms with van der Waals surface area (Å²) in [5.41, 5.74) is 2.30. The van der Waals surface area contributed by atoms with Gasteiger partial charge in [-0.2, -0.15) is 5.26 Å². The molecule has 0 aliphatic carbocycles. The molecule has 1 aliphatic heterocycles. The largest absolute Gasteiger partial charge is 0.394 e. The lowest BCUT2D eigenvalue weighted by Crippen LogP contribution is -2.55. The first-order valence-corrected chi connectivity index (χ1v) is 11.5. The predicted octanol–water partition coefficient (Wildman–Crippen LogP) is 0.458. The first kappa shape index (κ1) is 23.3. The lowest BCUT2D eigenvalue weighted by atomic mass is 9.89. The van der Waals surface area contributed by atoms with Crippen molar-refractivity contribution >= 4 is 9.84 Å². The van der Waals surface area contributed by atoms with E-state index in [0.717, 1.165) is 5.56 Å². The zero-order chi connectivity index (χ0) is 22.8. The van der Waals surface area contributed by atoms with Gasteiger partial charge in [-0.3, -0.25) is 0 Å². The molecule has 9 heteroatoms. The molecule has 1 aliphatic rings. The van der Waals surface area contributed by atoms with Crippen molar-refractivity contribution in [1.29, 1.82) is 5.26 Å². The minimum absolute atomic E-state index is 0.00602. The zero-order valence-corrected chi connectivity index (χ0v) is 17.7. The molecule has 2 aromatic rings. The third kappa shape index (κ3) is 4.80. The molecular weight excluding hydrogens is 422 g/mol. The van der Waals surface area contributed by atoms with Crippen molar-refractivity contribution in [3.05, 3.63) is 64.7 Å². The fourth-order valence-electron chi connectivity index (χ4n) is 3.62. The summed E-state index contributed by atoms with van der Waals surface area (Å²) in [6.45, 7) is 1.05. The van der Waals surface area contributed by atoms with Gasteiger partial charge in [0.1, 0.15) is 30.5 Å². The van der Waals surface area contributed by atoms with Gasteiger partial charge in [0.15, 0.2) is 9.84 Å². The monoisotopic (exact) mass is 447 g/mol. The van der Waals surface area contributed by atoms with Crippen LogP contribution in [0, 0.1) is 11.3 Å². The molecule has 31 heavy (non-hydrogen) atoms. The number of ether oxygens (including phenoxy) is 1. The van der Waals surface area contributed by atoms with Crippen LogP contribution in [0.25, 0.3) is 0 Å². The van der Waals surface area contributed by atoms with E-state index in [9.17, 15) is 34.1 Å². The summed E-state index contributed by atoms with van der Waals surface area (Å²) < 4.78 is 29.6. The van der Waals surface area contributed by atoms with Crippen molar-refractivity contribution in [3.63, 3.8) is 0 Å².